The summed E-state index contributed by atoms with van der Waals surface area (Å²) >= 11 is 9.44. The fourth-order valence-electron chi connectivity index (χ4n) is 2.16. The first kappa shape index (κ1) is 18.9. The second-order valence-corrected chi connectivity index (χ2v) is 6.77. The third-order valence-electron chi connectivity index (χ3n) is 3.47. The molecule has 24 heavy (non-hydrogen) atoms. The molecule has 1 amide bonds. The Kier molecular flexibility index (Phi) is 7.66. The molecule has 0 fully saturated rings. The Morgan fingerprint density at radius 2 is 2.08 bits per heavy atom. The summed E-state index contributed by atoms with van der Waals surface area (Å²) in [7, 11) is 0. The van der Waals surface area contributed by atoms with Crippen LogP contribution in [0.1, 0.15) is 48.9 Å². The summed E-state index contributed by atoms with van der Waals surface area (Å²) in [5.74, 6) is 1.24. The Labute approximate surface area is 155 Å². The number of rotatable bonds is 9. The van der Waals surface area contributed by atoms with Crippen molar-refractivity contribution in [3.63, 3.8) is 0 Å². The maximum absolute atomic E-state index is 12.0. The Morgan fingerprint density at radius 1 is 1.25 bits per heavy atom. The summed E-state index contributed by atoms with van der Waals surface area (Å²) in [4.78, 5) is 12.0. The van der Waals surface area contributed by atoms with E-state index in [1.54, 1.807) is 24.3 Å². The lowest BCUT2D eigenvalue weighted by Gasteiger charge is -2.06. The minimum Gasteiger partial charge on any atom is -0.484 e. The molecule has 0 aliphatic heterocycles. The van der Waals surface area contributed by atoms with E-state index in [1.807, 2.05) is 6.07 Å². The molecule has 0 bridgehead atoms. The monoisotopic (exact) mass is 413 g/mol. The van der Waals surface area contributed by atoms with Crippen LogP contribution in [0.5, 0.6) is 5.75 Å². The van der Waals surface area contributed by atoms with Gasteiger partial charge in [-0.3, -0.25) is 4.79 Å². The smallest absolute Gasteiger partial charge is 0.286 e. The van der Waals surface area contributed by atoms with Crippen molar-refractivity contribution in [3.8, 4) is 5.75 Å². The molecule has 0 saturated heterocycles. The average Bonchev–Trinajstić information content (AvgIpc) is 3.03. The number of carbonyl (C=O) groups excluding carboxylic acids is 1. The van der Waals surface area contributed by atoms with Crippen LogP contribution >= 0.6 is 27.5 Å². The lowest BCUT2D eigenvalue weighted by molar-refractivity contribution is 0.0921. The molecule has 6 heteroatoms. The Morgan fingerprint density at radius 3 is 2.83 bits per heavy atom. The van der Waals surface area contributed by atoms with Gasteiger partial charge in [0, 0.05) is 11.0 Å². The number of amides is 1. The molecule has 0 aliphatic rings. The number of unbranched alkanes of at least 4 members (excludes halogenated alkanes) is 3. The first-order valence-corrected chi connectivity index (χ1v) is 9.22. The van der Waals surface area contributed by atoms with E-state index in [2.05, 4.69) is 28.2 Å². The lowest BCUT2D eigenvalue weighted by atomic mass is 10.2. The fraction of sp³-hybridized carbons (Fsp3) is 0.389. The highest BCUT2D eigenvalue weighted by Gasteiger charge is 2.11. The molecule has 0 saturated carbocycles. The van der Waals surface area contributed by atoms with Crippen LogP contribution in [0.15, 0.2) is 39.2 Å². The molecule has 0 radical (unpaired) electrons. The summed E-state index contributed by atoms with van der Waals surface area (Å²) in [6.45, 7) is 3.04. The molecule has 0 spiro atoms. The maximum atomic E-state index is 12.0. The number of ether oxygens (including phenoxy) is 1. The molecule has 2 rings (SSSR count). The zero-order valence-corrected chi connectivity index (χ0v) is 16.0. The molecule has 130 valence electrons. The van der Waals surface area contributed by atoms with Gasteiger partial charge in [0.25, 0.3) is 5.91 Å². The summed E-state index contributed by atoms with van der Waals surface area (Å²) in [6.07, 6.45) is 4.48. The second-order valence-electron chi connectivity index (χ2n) is 5.45. The van der Waals surface area contributed by atoms with E-state index < -0.39 is 0 Å². The highest BCUT2D eigenvalue weighted by Crippen LogP contribution is 2.28. The van der Waals surface area contributed by atoms with Gasteiger partial charge in [-0.05, 0) is 36.8 Å². The number of halogens is 2. The van der Waals surface area contributed by atoms with Crippen LogP contribution in [0.2, 0.25) is 5.02 Å². The standard InChI is InChI=1S/C18H21BrClNO3/c1-2-3-4-5-10-21-18(22)17-9-7-14(24-17)12-23-16-8-6-13(19)11-15(16)20/h6-9,11H,2-5,10,12H2,1H3,(H,21,22). The molecular formula is C18H21BrClNO3. The van der Waals surface area contributed by atoms with Crippen LogP contribution in [0.4, 0.5) is 0 Å². The number of benzene rings is 1. The molecule has 4 nitrogen and oxygen atoms in total. The van der Waals surface area contributed by atoms with Crippen molar-refractivity contribution >= 4 is 33.4 Å². The molecular weight excluding hydrogens is 394 g/mol. The van der Waals surface area contributed by atoms with E-state index in [0.717, 1.165) is 17.3 Å². The van der Waals surface area contributed by atoms with Gasteiger partial charge in [0.15, 0.2) is 5.76 Å². The maximum Gasteiger partial charge on any atom is 0.286 e. The highest BCUT2D eigenvalue weighted by molar-refractivity contribution is 9.10. The van der Waals surface area contributed by atoms with Gasteiger partial charge in [0.2, 0.25) is 0 Å². The minimum absolute atomic E-state index is 0.195. The minimum atomic E-state index is -0.195. The van der Waals surface area contributed by atoms with E-state index in [1.165, 1.54) is 12.8 Å². The van der Waals surface area contributed by atoms with Gasteiger partial charge in [-0.15, -0.1) is 0 Å². The van der Waals surface area contributed by atoms with Gasteiger partial charge in [0.1, 0.15) is 18.1 Å². The summed E-state index contributed by atoms with van der Waals surface area (Å²) < 4.78 is 12.0. The number of nitrogens with one attached hydrogen (secondary N) is 1. The third-order valence-corrected chi connectivity index (χ3v) is 4.25. The van der Waals surface area contributed by atoms with Crippen molar-refractivity contribution < 1.29 is 13.9 Å². The highest BCUT2D eigenvalue weighted by atomic mass is 79.9. The van der Waals surface area contributed by atoms with Crippen molar-refractivity contribution in [2.45, 2.75) is 39.2 Å². The van der Waals surface area contributed by atoms with E-state index in [4.69, 9.17) is 20.8 Å². The van der Waals surface area contributed by atoms with Gasteiger partial charge in [-0.1, -0.05) is 53.7 Å². The summed E-state index contributed by atoms with van der Waals surface area (Å²) in [5, 5.41) is 3.38. The molecule has 1 heterocycles. The molecule has 0 unspecified atom stereocenters. The van der Waals surface area contributed by atoms with Gasteiger partial charge in [-0.2, -0.15) is 0 Å². The largest absolute Gasteiger partial charge is 0.484 e. The predicted octanol–water partition coefficient (Wildman–Crippen LogP) is 5.58. The van der Waals surface area contributed by atoms with Crippen molar-refractivity contribution in [3.05, 3.63) is 51.3 Å². The molecule has 1 aromatic carbocycles. The van der Waals surface area contributed by atoms with Gasteiger partial charge in [0.05, 0.1) is 5.02 Å². The number of furan rings is 1. The molecule has 1 aromatic heterocycles. The van der Waals surface area contributed by atoms with E-state index in [0.29, 0.717) is 28.8 Å². The van der Waals surface area contributed by atoms with Gasteiger partial charge >= 0.3 is 0 Å². The van der Waals surface area contributed by atoms with Crippen molar-refractivity contribution in [1.29, 1.82) is 0 Å². The van der Waals surface area contributed by atoms with Crippen molar-refractivity contribution in [2.24, 2.45) is 0 Å². The van der Waals surface area contributed by atoms with Crippen LogP contribution in [0.3, 0.4) is 0 Å². The third kappa shape index (κ3) is 5.87. The van der Waals surface area contributed by atoms with Gasteiger partial charge in [-0.25, -0.2) is 0 Å². The summed E-state index contributed by atoms with van der Waals surface area (Å²) in [5.41, 5.74) is 0. The van der Waals surface area contributed by atoms with E-state index in [9.17, 15) is 4.79 Å². The average molecular weight is 415 g/mol. The SMILES string of the molecule is CCCCCCNC(=O)c1ccc(COc2ccc(Br)cc2Cl)o1. The molecule has 1 N–H and O–H groups in total. The Balaban J connectivity index is 1.81. The van der Waals surface area contributed by atoms with E-state index >= 15 is 0 Å². The van der Waals surface area contributed by atoms with Crippen molar-refractivity contribution in [2.75, 3.05) is 6.54 Å². The van der Waals surface area contributed by atoms with Crippen LogP contribution in [0.25, 0.3) is 0 Å². The normalized spacial score (nSPS) is 10.6. The quantitative estimate of drug-likeness (QED) is 0.545. The number of carbonyl (C=O) groups is 1. The topological polar surface area (TPSA) is 51.5 Å². The fourth-order valence-corrected chi connectivity index (χ4v) is 2.89. The lowest BCUT2D eigenvalue weighted by Crippen LogP contribution is -2.23. The van der Waals surface area contributed by atoms with Gasteiger partial charge < -0.3 is 14.5 Å². The Bertz CT molecular complexity index is 672. The number of hydrogen-bond donors (Lipinski definition) is 1. The zero-order valence-electron chi connectivity index (χ0n) is 13.6. The van der Waals surface area contributed by atoms with Crippen LogP contribution in [0, 0.1) is 0 Å². The zero-order chi connectivity index (χ0) is 17.4. The first-order valence-electron chi connectivity index (χ1n) is 8.05. The van der Waals surface area contributed by atoms with Crippen LogP contribution < -0.4 is 10.1 Å². The molecule has 0 aliphatic carbocycles. The first-order chi connectivity index (χ1) is 11.6. The Hall–Kier alpha value is -1.46. The van der Waals surface area contributed by atoms with Crippen molar-refractivity contribution in [1.82, 2.24) is 5.32 Å². The molecule has 0 atom stereocenters. The van der Waals surface area contributed by atoms with Crippen LogP contribution in [-0.2, 0) is 6.61 Å². The molecule has 2 aromatic rings. The van der Waals surface area contributed by atoms with Crippen LogP contribution in [-0.4, -0.2) is 12.5 Å². The number of hydrogen-bond acceptors (Lipinski definition) is 3. The predicted molar refractivity (Wildman–Crippen MR) is 98.7 cm³/mol. The second kappa shape index (κ2) is 9.74. The van der Waals surface area contributed by atoms with E-state index in [-0.39, 0.29) is 12.5 Å². The summed E-state index contributed by atoms with van der Waals surface area (Å²) in [6, 6.07) is 8.78.